The van der Waals surface area contributed by atoms with E-state index in [1.807, 2.05) is 0 Å². The first-order chi connectivity index (χ1) is 8.11. The van der Waals surface area contributed by atoms with Gasteiger partial charge in [0.05, 0.1) is 17.3 Å². The van der Waals surface area contributed by atoms with Gasteiger partial charge in [0.15, 0.2) is 0 Å². The molecule has 17 heavy (non-hydrogen) atoms. The standard InChI is InChI=1S/C12H18ClN3O/c1-8-4-5-16(11(8)7-17)6-10-9(13)2-3-12(14)15-10/h2-3,8,11,17H,4-7H2,1H3,(H2,14,15). The van der Waals surface area contributed by atoms with E-state index < -0.39 is 0 Å². The summed E-state index contributed by atoms with van der Waals surface area (Å²) in [5, 5.41) is 10.0. The van der Waals surface area contributed by atoms with Gasteiger partial charge in [-0.2, -0.15) is 0 Å². The van der Waals surface area contributed by atoms with Crippen molar-refractivity contribution in [1.82, 2.24) is 9.88 Å². The normalized spacial score (nSPS) is 25.4. The minimum atomic E-state index is 0.182. The van der Waals surface area contributed by atoms with Crippen LogP contribution in [0.4, 0.5) is 5.82 Å². The minimum absolute atomic E-state index is 0.182. The van der Waals surface area contributed by atoms with E-state index in [1.165, 1.54) is 0 Å². The van der Waals surface area contributed by atoms with Gasteiger partial charge in [-0.15, -0.1) is 0 Å². The van der Waals surface area contributed by atoms with Crippen LogP contribution in [0.1, 0.15) is 19.0 Å². The Hall–Kier alpha value is -0.840. The van der Waals surface area contributed by atoms with Gasteiger partial charge in [0.1, 0.15) is 5.82 Å². The van der Waals surface area contributed by atoms with Gasteiger partial charge in [-0.3, -0.25) is 4.90 Å². The van der Waals surface area contributed by atoms with Gasteiger partial charge in [-0.25, -0.2) is 4.98 Å². The SMILES string of the molecule is CC1CCN(Cc2nc(N)ccc2Cl)C1CO. The summed E-state index contributed by atoms with van der Waals surface area (Å²) >= 11 is 6.09. The Kier molecular flexibility index (Phi) is 3.86. The molecule has 0 saturated carbocycles. The Balaban J connectivity index is 2.12. The number of pyridine rings is 1. The number of nitrogens with two attached hydrogens (primary N) is 1. The quantitative estimate of drug-likeness (QED) is 0.860. The van der Waals surface area contributed by atoms with Gasteiger partial charge < -0.3 is 10.8 Å². The number of aliphatic hydroxyl groups is 1. The number of rotatable bonds is 3. The summed E-state index contributed by atoms with van der Waals surface area (Å²) in [5.74, 6) is 0.997. The van der Waals surface area contributed by atoms with Crippen LogP contribution in [-0.2, 0) is 6.54 Å². The third-order valence-corrected chi connectivity index (χ3v) is 3.82. The van der Waals surface area contributed by atoms with Crippen molar-refractivity contribution in [2.75, 3.05) is 18.9 Å². The molecule has 1 aliphatic heterocycles. The van der Waals surface area contributed by atoms with Crippen LogP contribution in [0.25, 0.3) is 0 Å². The monoisotopic (exact) mass is 255 g/mol. The molecule has 0 bridgehead atoms. The fraction of sp³-hybridized carbons (Fsp3) is 0.583. The van der Waals surface area contributed by atoms with Crippen molar-refractivity contribution < 1.29 is 5.11 Å². The summed E-state index contributed by atoms with van der Waals surface area (Å²) in [6.45, 7) is 3.97. The summed E-state index contributed by atoms with van der Waals surface area (Å²) in [5.41, 5.74) is 6.45. The lowest BCUT2D eigenvalue weighted by atomic mass is 10.0. The van der Waals surface area contributed by atoms with E-state index in [-0.39, 0.29) is 12.6 Å². The maximum Gasteiger partial charge on any atom is 0.123 e. The maximum atomic E-state index is 9.39. The molecule has 0 radical (unpaired) electrons. The second-order valence-electron chi connectivity index (χ2n) is 4.65. The first-order valence-electron chi connectivity index (χ1n) is 5.87. The number of likely N-dealkylation sites (tertiary alicyclic amines) is 1. The van der Waals surface area contributed by atoms with Gasteiger partial charge in [-0.1, -0.05) is 18.5 Å². The van der Waals surface area contributed by atoms with Gasteiger partial charge in [-0.05, 0) is 31.0 Å². The third-order valence-electron chi connectivity index (χ3n) is 3.48. The predicted molar refractivity (Wildman–Crippen MR) is 68.7 cm³/mol. The molecular weight excluding hydrogens is 238 g/mol. The Morgan fingerprint density at radius 2 is 2.35 bits per heavy atom. The Morgan fingerprint density at radius 1 is 1.59 bits per heavy atom. The molecule has 2 unspecified atom stereocenters. The van der Waals surface area contributed by atoms with E-state index in [4.69, 9.17) is 17.3 Å². The average molecular weight is 256 g/mol. The van der Waals surface area contributed by atoms with Crippen LogP contribution >= 0.6 is 11.6 Å². The highest BCUT2D eigenvalue weighted by Gasteiger charge is 2.30. The van der Waals surface area contributed by atoms with Crippen molar-refractivity contribution in [2.45, 2.75) is 25.9 Å². The van der Waals surface area contributed by atoms with Crippen LogP contribution in [0.5, 0.6) is 0 Å². The second kappa shape index (κ2) is 5.21. The van der Waals surface area contributed by atoms with Gasteiger partial charge in [0, 0.05) is 12.6 Å². The molecule has 94 valence electrons. The van der Waals surface area contributed by atoms with Crippen molar-refractivity contribution in [1.29, 1.82) is 0 Å². The van der Waals surface area contributed by atoms with E-state index in [0.717, 1.165) is 18.7 Å². The van der Waals surface area contributed by atoms with Crippen LogP contribution in [0.3, 0.4) is 0 Å². The van der Waals surface area contributed by atoms with E-state index >= 15 is 0 Å². The number of aromatic nitrogens is 1. The molecular formula is C12H18ClN3O. The van der Waals surface area contributed by atoms with E-state index in [0.29, 0.717) is 23.3 Å². The Morgan fingerprint density at radius 3 is 3.06 bits per heavy atom. The molecule has 1 fully saturated rings. The number of aliphatic hydroxyl groups excluding tert-OH is 1. The van der Waals surface area contributed by atoms with Crippen molar-refractivity contribution in [3.05, 3.63) is 22.8 Å². The summed E-state index contributed by atoms with van der Waals surface area (Å²) in [4.78, 5) is 6.47. The molecule has 2 rings (SSSR count). The van der Waals surface area contributed by atoms with Gasteiger partial charge in [0.2, 0.25) is 0 Å². The summed E-state index contributed by atoms with van der Waals surface area (Å²) in [6, 6.07) is 3.67. The number of nitrogens with zero attached hydrogens (tertiary/aromatic N) is 2. The molecule has 1 saturated heterocycles. The fourth-order valence-electron chi connectivity index (χ4n) is 2.38. The number of hydrogen-bond donors (Lipinski definition) is 2. The lowest BCUT2D eigenvalue weighted by Gasteiger charge is -2.24. The topological polar surface area (TPSA) is 62.4 Å². The highest BCUT2D eigenvalue weighted by atomic mass is 35.5. The number of nitrogen functional groups attached to an aromatic ring is 1. The molecule has 3 N–H and O–H groups in total. The molecule has 2 heterocycles. The molecule has 2 atom stereocenters. The first kappa shape index (κ1) is 12.6. The molecule has 0 spiro atoms. The van der Waals surface area contributed by atoms with Crippen LogP contribution < -0.4 is 5.73 Å². The van der Waals surface area contributed by atoms with Gasteiger partial charge in [0.25, 0.3) is 0 Å². The van der Waals surface area contributed by atoms with E-state index in [9.17, 15) is 5.11 Å². The zero-order valence-corrected chi connectivity index (χ0v) is 10.7. The van der Waals surface area contributed by atoms with Crippen LogP contribution in [0.15, 0.2) is 12.1 Å². The summed E-state index contributed by atoms with van der Waals surface area (Å²) in [6.07, 6.45) is 1.10. The molecule has 0 amide bonds. The van der Waals surface area contributed by atoms with Crippen LogP contribution in [0, 0.1) is 5.92 Å². The number of hydrogen-bond acceptors (Lipinski definition) is 4. The minimum Gasteiger partial charge on any atom is -0.395 e. The third kappa shape index (κ3) is 2.70. The number of halogens is 1. The highest BCUT2D eigenvalue weighted by molar-refractivity contribution is 6.31. The molecule has 0 aromatic carbocycles. The summed E-state index contributed by atoms with van der Waals surface area (Å²) < 4.78 is 0. The highest BCUT2D eigenvalue weighted by Crippen LogP contribution is 2.26. The van der Waals surface area contributed by atoms with Crippen molar-refractivity contribution in [3.8, 4) is 0 Å². The second-order valence-corrected chi connectivity index (χ2v) is 5.06. The Labute approximate surface area is 106 Å². The molecule has 5 heteroatoms. The average Bonchev–Trinajstić information content (AvgIpc) is 2.64. The van der Waals surface area contributed by atoms with Crippen molar-refractivity contribution >= 4 is 17.4 Å². The molecule has 0 aliphatic carbocycles. The fourth-order valence-corrected chi connectivity index (χ4v) is 2.55. The lowest BCUT2D eigenvalue weighted by Crippen LogP contribution is -2.35. The maximum absolute atomic E-state index is 9.39. The van der Waals surface area contributed by atoms with Gasteiger partial charge >= 0.3 is 0 Å². The smallest absolute Gasteiger partial charge is 0.123 e. The molecule has 4 nitrogen and oxygen atoms in total. The first-order valence-corrected chi connectivity index (χ1v) is 6.25. The van der Waals surface area contributed by atoms with Crippen LogP contribution in [0.2, 0.25) is 5.02 Å². The molecule has 1 aromatic heterocycles. The molecule has 1 aliphatic rings. The number of anilines is 1. The lowest BCUT2D eigenvalue weighted by molar-refractivity contribution is 0.133. The molecule has 1 aromatic rings. The van der Waals surface area contributed by atoms with E-state index in [2.05, 4.69) is 16.8 Å². The van der Waals surface area contributed by atoms with E-state index in [1.54, 1.807) is 12.1 Å². The zero-order chi connectivity index (χ0) is 12.4. The largest absolute Gasteiger partial charge is 0.395 e. The summed E-state index contributed by atoms with van der Waals surface area (Å²) in [7, 11) is 0. The van der Waals surface area contributed by atoms with Crippen LogP contribution in [-0.4, -0.2) is 34.2 Å². The Bertz CT molecular complexity index is 399. The van der Waals surface area contributed by atoms with Crippen molar-refractivity contribution in [3.63, 3.8) is 0 Å². The van der Waals surface area contributed by atoms with Crippen molar-refractivity contribution in [2.24, 2.45) is 5.92 Å². The predicted octanol–water partition coefficient (Wildman–Crippen LogP) is 1.52. The zero-order valence-electron chi connectivity index (χ0n) is 9.93.